The Morgan fingerprint density at radius 1 is 0.944 bits per heavy atom. The van der Waals surface area contributed by atoms with Gasteiger partial charge in [0, 0.05) is 43.8 Å². The number of piperidine rings is 1. The van der Waals surface area contributed by atoms with E-state index in [2.05, 4.69) is 37.9 Å². The number of carbonyl (C=O) groups excluding carboxylic acids is 2. The minimum Gasteiger partial charge on any atom is -0.481 e. The number of fused-ring (bicyclic) bond motifs is 7. The summed E-state index contributed by atoms with van der Waals surface area (Å²) in [4.78, 5) is 55.3. The molecule has 12 heteroatoms. The van der Waals surface area contributed by atoms with Crippen molar-refractivity contribution in [2.75, 3.05) is 13.1 Å². The zero-order chi connectivity index (χ0) is 39.4. The van der Waals surface area contributed by atoms with Crippen LogP contribution in [0.1, 0.15) is 143 Å². The van der Waals surface area contributed by atoms with Gasteiger partial charge < -0.3 is 24.0 Å². The molecule has 5 fully saturated rings. The topological polar surface area (TPSA) is 139 Å². The largest absolute Gasteiger partial charge is 0.519 e. The summed E-state index contributed by atoms with van der Waals surface area (Å²) in [5, 5.41) is 13.5. The number of aliphatic carboxylic acids is 1. The van der Waals surface area contributed by atoms with Gasteiger partial charge in [-0.1, -0.05) is 47.1 Å². The van der Waals surface area contributed by atoms with Crippen LogP contribution in [0.5, 0.6) is 0 Å². The van der Waals surface area contributed by atoms with Crippen molar-refractivity contribution in [1.29, 1.82) is 0 Å². The van der Waals surface area contributed by atoms with Crippen LogP contribution in [0.25, 0.3) is 0 Å². The molecule has 1 amide bonds. The van der Waals surface area contributed by atoms with E-state index < -0.39 is 45.6 Å². The quantitative estimate of drug-likeness (QED) is 0.293. The smallest absolute Gasteiger partial charge is 0.481 e. The molecule has 1 saturated heterocycles. The van der Waals surface area contributed by atoms with E-state index >= 15 is 0 Å². The molecule has 0 unspecified atom stereocenters. The first-order valence-corrected chi connectivity index (χ1v) is 20.2. The van der Waals surface area contributed by atoms with Gasteiger partial charge in [0.05, 0.1) is 11.0 Å². The van der Waals surface area contributed by atoms with Gasteiger partial charge in [0.15, 0.2) is 23.9 Å². The third-order valence-electron chi connectivity index (χ3n) is 16.6. The Kier molecular flexibility index (Phi) is 9.26. The number of carboxylic acid groups (broad SMARTS) is 1. The fourth-order valence-electron chi connectivity index (χ4n) is 13.2. The van der Waals surface area contributed by atoms with E-state index in [1.807, 2.05) is 33.8 Å². The number of alkyl carbamates (subject to hydrolysis) is 1. The SMILES string of the molecule is CC(C)c1oc(=O)oc1COC(=O)N[C@]1(C)[C@@H](N2CCC(F)(F)CC2)CC[C@@]2(C)[C@H]1CC[C@]1(C)[C@@H]2C(=O)C=C2[C@@H]3C[C@@](C)(C(=O)O)CC[C@]3(C)CC[C@]21C. The van der Waals surface area contributed by atoms with E-state index in [4.69, 9.17) is 13.6 Å². The predicted molar refractivity (Wildman–Crippen MR) is 196 cm³/mol. The third kappa shape index (κ3) is 5.84. The molecule has 4 saturated carbocycles. The first-order valence-electron chi connectivity index (χ1n) is 20.2. The van der Waals surface area contributed by atoms with Gasteiger partial charge in [-0.15, -0.1) is 0 Å². The molecular formula is C42H60F2N2O8. The molecule has 1 aromatic rings. The molecule has 5 aliphatic carbocycles. The minimum atomic E-state index is -2.73. The standard InChI is InChI=1S/C42H60F2N2O8/c1-24(2)31-28(53-35(51)54-31)23-52-34(50)45-41(8)29-9-12-40(7)32(38(29,5)11-10-30(41)46-19-17-42(43,44)18-20-46)27(47)21-25-26-22-37(4,33(48)49)14-13-36(26,3)15-16-39(25,40)6/h21,24,26,29-30,32H,9-20,22-23H2,1-8H3,(H,45,50)(H,48,49)/t26-,29+,30-,32+,36+,37-,38-,39+,40+,41-/m0/s1. The Morgan fingerprint density at radius 2 is 1.61 bits per heavy atom. The van der Waals surface area contributed by atoms with Crippen LogP contribution in [-0.2, 0) is 20.9 Å². The van der Waals surface area contributed by atoms with E-state index in [0.29, 0.717) is 37.9 Å². The molecule has 0 spiro atoms. The van der Waals surface area contributed by atoms with E-state index in [-0.39, 0.29) is 84.6 Å². The fourth-order valence-corrected chi connectivity index (χ4v) is 13.2. The number of alkyl halides is 2. The van der Waals surface area contributed by atoms with Gasteiger partial charge in [0.2, 0.25) is 0 Å². The van der Waals surface area contributed by atoms with Crippen LogP contribution in [-0.4, -0.2) is 58.4 Å². The van der Waals surface area contributed by atoms with E-state index in [9.17, 15) is 33.1 Å². The van der Waals surface area contributed by atoms with E-state index in [0.717, 1.165) is 31.3 Å². The van der Waals surface area contributed by atoms with Crippen molar-refractivity contribution in [3.8, 4) is 0 Å². The van der Waals surface area contributed by atoms with Crippen LogP contribution in [0, 0.1) is 44.8 Å². The first-order chi connectivity index (χ1) is 25.0. The summed E-state index contributed by atoms with van der Waals surface area (Å²) in [5.41, 5.74) is -1.99. The summed E-state index contributed by atoms with van der Waals surface area (Å²) in [6, 6.07) is -0.270. The summed E-state index contributed by atoms with van der Waals surface area (Å²) < 4.78 is 45.0. The first kappa shape index (κ1) is 39.2. The highest BCUT2D eigenvalue weighted by molar-refractivity contribution is 5.95. The highest BCUT2D eigenvalue weighted by Gasteiger charge is 2.71. The number of ether oxygens (including phenoxy) is 1. The van der Waals surface area contributed by atoms with Gasteiger partial charge in [-0.05, 0) is 111 Å². The number of carboxylic acids is 1. The van der Waals surface area contributed by atoms with Crippen molar-refractivity contribution in [3.05, 3.63) is 33.8 Å². The van der Waals surface area contributed by atoms with E-state index in [1.165, 1.54) is 0 Å². The molecule has 0 bridgehead atoms. The van der Waals surface area contributed by atoms with Gasteiger partial charge in [-0.2, -0.15) is 0 Å². The Labute approximate surface area is 317 Å². The van der Waals surface area contributed by atoms with Gasteiger partial charge in [-0.3, -0.25) is 14.5 Å². The molecule has 300 valence electrons. The molecule has 0 radical (unpaired) electrons. The number of amides is 1. The number of nitrogens with zero attached hydrogens (tertiary/aromatic N) is 1. The Morgan fingerprint density at radius 3 is 2.26 bits per heavy atom. The second-order valence-corrected chi connectivity index (χ2v) is 19.9. The maximum Gasteiger partial charge on any atom is 0.519 e. The number of hydrogen-bond donors (Lipinski definition) is 2. The number of likely N-dealkylation sites (tertiary alicyclic amines) is 1. The molecule has 2 heterocycles. The summed E-state index contributed by atoms with van der Waals surface area (Å²) in [5.74, 6) is -4.55. The van der Waals surface area contributed by atoms with Gasteiger partial charge >= 0.3 is 17.9 Å². The Hall–Kier alpha value is -3.02. The average molecular weight is 759 g/mol. The second-order valence-electron chi connectivity index (χ2n) is 19.9. The highest BCUT2D eigenvalue weighted by Crippen LogP contribution is 2.74. The molecule has 6 aliphatic rings. The minimum absolute atomic E-state index is 0.00360. The highest BCUT2D eigenvalue weighted by atomic mass is 19.3. The summed E-state index contributed by atoms with van der Waals surface area (Å²) in [6.45, 7) is 16.7. The van der Waals surface area contributed by atoms with Crippen molar-refractivity contribution >= 4 is 17.8 Å². The number of hydrogen-bond acceptors (Lipinski definition) is 8. The zero-order valence-corrected chi connectivity index (χ0v) is 33.4. The summed E-state index contributed by atoms with van der Waals surface area (Å²) >= 11 is 0. The number of ketones is 1. The van der Waals surface area contributed by atoms with Crippen LogP contribution < -0.4 is 11.1 Å². The van der Waals surface area contributed by atoms with Crippen molar-refractivity contribution in [3.63, 3.8) is 0 Å². The lowest BCUT2D eigenvalue weighted by Gasteiger charge is -2.71. The maximum atomic E-state index is 15.0. The number of halogens is 2. The molecule has 2 N–H and O–H groups in total. The molecule has 0 aromatic carbocycles. The monoisotopic (exact) mass is 758 g/mol. The second kappa shape index (κ2) is 12.7. The summed E-state index contributed by atoms with van der Waals surface area (Å²) in [6.07, 6.45) is 7.30. The predicted octanol–water partition coefficient (Wildman–Crippen LogP) is 8.48. The molecular weight excluding hydrogens is 698 g/mol. The number of rotatable bonds is 6. The lowest BCUT2D eigenvalue weighted by atomic mass is 9.33. The normalized spacial score (nSPS) is 43.2. The maximum absolute atomic E-state index is 15.0. The third-order valence-corrected chi connectivity index (χ3v) is 16.6. The molecule has 54 heavy (non-hydrogen) atoms. The van der Waals surface area contributed by atoms with Crippen molar-refractivity contribution in [2.45, 2.75) is 156 Å². The average Bonchev–Trinajstić information content (AvgIpc) is 3.46. The fraction of sp³-hybridized carbons (Fsp3) is 0.810. The van der Waals surface area contributed by atoms with Crippen LogP contribution in [0.4, 0.5) is 13.6 Å². The van der Waals surface area contributed by atoms with Crippen molar-refractivity contribution in [1.82, 2.24) is 10.2 Å². The summed E-state index contributed by atoms with van der Waals surface area (Å²) in [7, 11) is 0. The Bertz CT molecular complexity index is 1790. The number of carbonyl (C=O) groups is 3. The van der Waals surface area contributed by atoms with Crippen LogP contribution >= 0.6 is 0 Å². The molecule has 7 rings (SSSR count). The van der Waals surface area contributed by atoms with Gasteiger partial charge in [-0.25, -0.2) is 18.4 Å². The van der Waals surface area contributed by atoms with Crippen LogP contribution in [0.15, 0.2) is 25.3 Å². The molecule has 10 atom stereocenters. The van der Waals surface area contributed by atoms with Gasteiger partial charge in [0.1, 0.15) is 0 Å². The van der Waals surface area contributed by atoms with Crippen molar-refractivity contribution in [2.24, 2.45) is 44.8 Å². The van der Waals surface area contributed by atoms with E-state index in [1.54, 1.807) is 0 Å². The van der Waals surface area contributed by atoms with Crippen LogP contribution in [0.2, 0.25) is 0 Å². The Balaban J connectivity index is 1.23. The lowest BCUT2D eigenvalue weighted by molar-refractivity contribution is -0.190. The van der Waals surface area contributed by atoms with Crippen molar-refractivity contribution < 1.29 is 41.8 Å². The molecule has 1 aromatic heterocycles. The zero-order valence-electron chi connectivity index (χ0n) is 33.4. The van der Waals surface area contributed by atoms with Gasteiger partial charge in [0.25, 0.3) is 5.92 Å². The molecule has 1 aliphatic heterocycles. The lowest BCUT2D eigenvalue weighted by Crippen LogP contribution is -2.74. The number of nitrogens with one attached hydrogen (secondary N) is 1. The molecule has 10 nitrogen and oxygen atoms in total. The number of allylic oxidation sites excluding steroid dienone is 2. The van der Waals surface area contributed by atoms with Crippen LogP contribution in [0.3, 0.4) is 0 Å².